The van der Waals surface area contributed by atoms with E-state index >= 15 is 0 Å². The Morgan fingerprint density at radius 1 is 1.15 bits per heavy atom. The number of aromatic amines is 1. The zero-order chi connectivity index (χ0) is 18.6. The van der Waals surface area contributed by atoms with Crippen molar-refractivity contribution in [3.63, 3.8) is 0 Å². The van der Waals surface area contributed by atoms with Crippen LogP contribution in [0.3, 0.4) is 0 Å². The third-order valence-electron chi connectivity index (χ3n) is 4.02. The molecule has 0 aliphatic carbocycles. The second-order valence-electron chi connectivity index (χ2n) is 5.93. The Morgan fingerprint density at radius 3 is 2.89 bits per heavy atom. The standard InChI is InChI=1S/C18H16Cl2N6S/c19-14-3-2-12(8-15(14)20)16-9-22-18(23-16)21-5-1-6-26-10-17(24-25-26)13-4-7-27-11-13/h2-4,7-11H,1,5-6H2,(H2,21,22,23). The van der Waals surface area contributed by atoms with E-state index in [4.69, 9.17) is 23.2 Å². The van der Waals surface area contributed by atoms with Crippen molar-refractivity contribution in [2.24, 2.45) is 0 Å². The fraction of sp³-hybridized carbons (Fsp3) is 0.167. The molecule has 0 atom stereocenters. The van der Waals surface area contributed by atoms with E-state index in [1.54, 1.807) is 23.6 Å². The first kappa shape index (κ1) is 18.0. The van der Waals surface area contributed by atoms with Gasteiger partial charge >= 0.3 is 0 Å². The van der Waals surface area contributed by atoms with Gasteiger partial charge in [-0.2, -0.15) is 11.3 Å². The van der Waals surface area contributed by atoms with Crippen LogP contribution in [0.15, 0.2) is 47.4 Å². The molecule has 9 heteroatoms. The highest BCUT2D eigenvalue weighted by atomic mass is 35.5. The minimum absolute atomic E-state index is 0.521. The summed E-state index contributed by atoms with van der Waals surface area (Å²) in [5.74, 6) is 0.716. The number of thiophene rings is 1. The van der Waals surface area contributed by atoms with Crippen molar-refractivity contribution in [1.82, 2.24) is 25.0 Å². The molecule has 0 aliphatic heterocycles. The Morgan fingerprint density at radius 2 is 2.07 bits per heavy atom. The molecule has 0 saturated carbocycles. The molecular weight excluding hydrogens is 403 g/mol. The predicted molar refractivity (Wildman–Crippen MR) is 110 cm³/mol. The molecule has 0 fully saturated rings. The summed E-state index contributed by atoms with van der Waals surface area (Å²) in [4.78, 5) is 7.59. The maximum absolute atomic E-state index is 6.07. The molecule has 2 N–H and O–H groups in total. The summed E-state index contributed by atoms with van der Waals surface area (Å²) in [6.45, 7) is 1.55. The van der Waals surface area contributed by atoms with Crippen molar-refractivity contribution in [2.75, 3.05) is 11.9 Å². The number of H-pyrrole nitrogens is 1. The molecule has 4 aromatic rings. The number of rotatable bonds is 7. The lowest BCUT2D eigenvalue weighted by atomic mass is 10.2. The third-order valence-corrected chi connectivity index (χ3v) is 5.44. The van der Waals surface area contributed by atoms with Gasteiger partial charge in [-0.25, -0.2) is 4.98 Å². The molecular formula is C18H16Cl2N6S. The van der Waals surface area contributed by atoms with Gasteiger partial charge < -0.3 is 10.3 Å². The van der Waals surface area contributed by atoms with Crippen molar-refractivity contribution in [2.45, 2.75) is 13.0 Å². The monoisotopic (exact) mass is 418 g/mol. The quantitative estimate of drug-likeness (QED) is 0.404. The molecule has 0 aliphatic rings. The highest BCUT2D eigenvalue weighted by molar-refractivity contribution is 7.08. The average Bonchev–Trinajstić information content (AvgIpc) is 3.42. The first-order valence-electron chi connectivity index (χ1n) is 8.36. The van der Waals surface area contributed by atoms with Gasteiger partial charge in [0.2, 0.25) is 5.95 Å². The third kappa shape index (κ3) is 4.32. The van der Waals surface area contributed by atoms with Gasteiger partial charge in [0, 0.05) is 29.6 Å². The molecule has 138 valence electrons. The largest absolute Gasteiger partial charge is 0.356 e. The van der Waals surface area contributed by atoms with E-state index in [-0.39, 0.29) is 0 Å². The Balaban J connectivity index is 1.28. The topological polar surface area (TPSA) is 71.4 Å². The summed E-state index contributed by atoms with van der Waals surface area (Å²) in [5.41, 5.74) is 3.83. The molecule has 6 nitrogen and oxygen atoms in total. The SMILES string of the molecule is Clc1ccc(-c2cnc(NCCCn3cc(-c4ccsc4)nn3)[nH]2)cc1Cl. The molecule has 1 aromatic carbocycles. The van der Waals surface area contributed by atoms with Crippen LogP contribution in [0.2, 0.25) is 10.0 Å². The number of aromatic nitrogens is 5. The van der Waals surface area contributed by atoms with Gasteiger partial charge in [-0.3, -0.25) is 4.68 Å². The average molecular weight is 419 g/mol. The predicted octanol–water partition coefficient (Wildman–Crippen LogP) is 5.21. The summed E-state index contributed by atoms with van der Waals surface area (Å²) < 4.78 is 1.86. The fourth-order valence-electron chi connectivity index (χ4n) is 2.62. The van der Waals surface area contributed by atoms with Crippen LogP contribution in [0.5, 0.6) is 0 Å². The van der Waals surface area contributed by atoms with Gasteiger partial charge in [0.05, 0.1) is 28.1 Å². The van der Waals surface area contributed by atoms with Gasteiger partial charge in [-0.1, -0.05) is 34.5 Å². The number of imidazole rings is 1. The van der Waals surface area contributed by atoms with Crippen molar-refractivity contribution in [3.8, 4) is 22.5 Å². The highest BCUT2D eigenvalue weighted by Crippen LogP contribution is 2.28. The normalized spacial score (nSPS) is 11.0. The van der Waals surface area contributed by atoms with Crippen molar-refractivity contribution in [1.29, 1.82) is 0 Å². The van der Waals surface area contributed by atoms with Gasteiger partial charge in [0.15, 0.2) is 0 Å². The van der Waals surface area contributed by atoms with E-state index in [0.717, 1.165) is 42.0 Å². The van der Waals surface area contributed by atoms with Crippen LogP contribution in [-0.2, 0) is 6.54 Å². The smallest absolute Gasteiger partial charge is 0.200 e. The number of benzene rings is 1. The van der Waals surface area contributed by atoms with Crippen LogP contribution in [0.25, 0.3) is 22.5 Å². The zero-order valence-corrected chi connectivity index (χ0v) is 16.5. The number of hydrogen-bond donors (Lipinski definition) is 2. The lowest BCUT2D eigenvalue weighted by Crippen LogP contribution is -2.08. The van der Waals surface area contributed by atoms with E-state index in [9.17, 15) is 0 Å². The van der Waals surface area contributed by atoms with Crippen molar-refractivity contribution >= 4 is 40.5 Å². The second-order valence-corrected chi connectivity index (χ2v) is 7.53. The summed E-state index contributed by atoms with van der Waals surface area (Å²) >= 11 is 13.7. The summed E-state index contributed by atoms with van der Waals surface area (Å²) in [6, 6.07) is 7.54. The van der Waals surface area contributed by atoms with Crippen molar-refractivity contribution < 1.29 is 0 Å². The molecule has 0 amide bonds. The lowest BCUT2D eigenvalue weighted by molar-refractivity contribution is 0.569. The minimum atomic E-state index is 0.521. The van der Waals surface area contributed by atoms with Crippen molar-refractivity contribution in [3.05, 3.63) is 57.5 Å². The van der Waals surface area contributed by atoms with Gasteiger partial charge in [-0.05, 0) is 30.0 Å². The van der Waals surface area contributed by atoms with Crippen LogP contribution in [0.4, 0.5) is 5.95 Å². The number of nitrogens with zero attached hydrogens (tertiary/aromatic N) is 4. The zero-order valence-electron chi connectivity index (χ0n) is 14.2. The van der Waals surface area contributed by atoms with Gasteiger partial charge in [-0.15, -0.1) is 5.10 Å². The number of halogens is 2. The molecule has 0 saturated heterocycles. The van der Waals surface area contributed by atoms with Crippen LogP contribution in [0, 0.1) is 0 Å². The van der Waals surface area contributed by atoms with E-state index in [1.165, 1.54) is 0 Å². The summed E-state index contributed by atoms with van der Waals surface area (Å²) in [7, 11) is 0. The molecule has 0 radical (unpaired) electrons. The van der Waals surface area contributed by atoms with E-state index < -0.39 is 0 Å². The van der Waals surface area contributed by atoms with Crippen LogP contribution in [0.1, 0.15) is 6.42 Å². The fourth-order valence-corrected chi connectivity index (χ4v) is 3.57. The van der Waals surface area contributed by atoms with E-state index in [2.05, 4.69) is 31.0 Å². The Labute approximate surface area is 170 Å². The molecule has 3 aromatic heterocycles. The van der Waals surface area contributed by atoms with Crippen LogP contribution >= 0.6 is 34.5 Å². The number of anilines is 1. The molecule has 0 spiro atoms. The van der Waals surface area contributed by atoms with Gasteiger partial charge in [0.1, 0.15) is 5.69 Å². The summed E-state index contributed by atoms with van der Waals surface area (Å²) in [5, 5.41) is 16.8. The lowest BCUT2D eigenvalue weighted by Gasteiger charge is -2.03. The molecule has 3 heterocycles. The maximum atomic E-state index is 6.07. The second kappa shape index (κ2) is 8.12. The first-order valence-corrected chi connectivity index (χ1v) is 10.1. The van der Waals surface area contributed by atoms with Gasteiger partial charge in [0.25, 0.3) is 0 Å². The number of nitrogens with one attached hydrogen (secondary N) is 2. The van der Waals surface area contributed by atoms with Crippen LogP contribution in [-0.4, -0.2) is 31.5 Å². The Kier molecular flexibility index (Phi) is 5.42. The first-order chi connectivity index (χ1) is 13.2. The Bertz CT molecular complexity index is 1020. The van der Waals surface area contributed by atoms with Crippen LogP contribution < -0.4 is 5.32 Å². The molecule has 0 bridgehead atoms. The Hall–Kier alpha value is -2.35. The number of hydrogen-bond acceptors (Lipinski definition) is 5. The minimum Gasteiger partial charge on any atom is -0.356 e. The van der Waals surface area contributed by atoms with E-state index in [0.29, 0.717) is 16.0 Å². The number of aryl methyl sites for hydroxylation is 1. The molecule has 0 unspecified atom stereocenters. The molecule has 4 rings (SSSR count). The highest BCUT2D eigenvalue weighted by Gasteiger charge is 2.06. The van der Waals surface area contributed by atoms with E-state index in [1.807, 2.05) is 34.5 Å². The summed E-state index contributed by atoms with van der Waals surface area (Å²) in [6.07, 6.45) is 4.64. The molecule has 27 heavy (non-hydrogen) atoms. The maximum Gasteiger partial charge on any atom is 0.200 e.